The molecule has 1 heterocycles. The lowest BCUT2D eigenvalue weighted by atomic mass is 10.0. The monoisotopic (exact) mass is 314 g/mol. The van der Waals surface area contributed by atoms with Gasteiger partial charge in [0.05, 0.1) is 0 Å². The molecule has 2 amide bonds. The number of rotatable bonds is 3. The maximum Gasteiger partial charge on any atom is 0.236 e. The molecule has 1 saturated carbocycles. The van der Waals surface area contributed by atoms with Gasteiger partial charge in [0.15, 0.2) is 0 Å². The molecule has 1 aliphatic heterocycles. The molecule has 124 valence electrons. The molecule has 0 unspecified atom stereocenters. The molecule has 1 aliphatic carbocycles. The molecule has 1 aromatic rings. The third-order valence-electron chi connectivity index (χ3n) is 4.94. The SMILES string of the molecule is O=C(CC(=O)N1CCCc2ccccc21)NC1CCCCCC1. The van der Waals surface area contributed by atoms with Gasteiger partial charge in [0, 0.05) is 18.3 Å². The normalized spacial score (nSPS) is 18.9. The number of aryl methyl sites for hydroxylation is 1. The van der Waals surface area contributed by atoms with Gasteiger partial charge in [-0.15, -0.1) is 0 Å². The Morgan fingerprint density at radius 3 is 2.57 bits per heavy atom. The van der Waals surface area contributed by atoms with Crippen molar-refractivity contribution < 1.29 is 9.59 Å². The molecule has 0 radical (unpaired) electrons. The highest BCUT2D eigenvalue weighted by atomic mass is 16.2. The zero-order chi connectivity index (χ0) is 16.1. The summed E-state index contributed by atoms with van der Waals surface area (Å²) in [5.74, 6) is -0.201. The minimum absolute atomic E-state index is 0.0369. The second kappa shape index (κ2) is 7.62. The van der Waals surface area contributed by atoms with Gasteiger partial charge in [-0.05, 0) is 37.3 Å². The van der Waals surface area contributed by atoms with Crippen LogP contribution in [0.15, 0.2) is 24.3 Å². The fraction of sp³-hybridized carbons (Fsp3) is 0.579. The average Bonchev–Trinajstić information content (AvgIpc) is 2.82. The van der Waals surface area contributed by atoms with Crippen molar-refractivity contribution in [1.82, 2.24) is 5.32 Å². The van der Waals surface area contributed by atoms with Gasteiger partial charge in [-0.3, -0.25) is 9.59 Å². The minimum Gasteiger partial charge on any atom is -0.353 e. The van der Waals surface area contributed by atoms with Crippen LogP contribution < -0.4 is 10.2 Å². The number of amides is 2. The summed E-state index contributed by atoms with van der Waals surface area (Å²) < 4.78 is 0. The summed E-state index contributed by atoms with van der Waals surface area (Å²) in [6.07, 6.45) is 8.91. The zero-order valence-corrected chi connectivity index (χ0v) is 13.7. The maximum atomic E-state index is 12.5. The molecule has 0 saturated heterocycles. The number of hydrogen-bond acceptors (Lipinski definition) is 2. The molecule has 1 N–H and O–H groups in total. The van der Waals surface area contributed by atoms with Crippen LogP contribution in [0.4, 0.5) is 5.69 Å². The maximum absolute atomic E-state index is 12.5. The Labute approximate surface area is 138 Å². The topological polar surface area (TPSA) is 49.4 Å². The van der Waals surface area contributed by atoms with Crippen molar-refractivity contribution in [3.05, 3.63) is 29.8 Å². The predicted octanol–water partition coefficient (Wildman–Crippen LogP) is 3.19. The molecule has 0 spiro atoms. The lowest BCUT2D eigenvalue weighted by molar-refractivity contribution is -0.128. The number of carbonyl (C=O) groups is 2. The quantitative estimate of drug-likeness (QED) is 0.688. The average molecular weight is 314 g/mol. The molecule has 4 heteroatoms. The van der Waals surface area contributed by atoms with E-state index in [1.807, 2.05) is 18.2 Å². The summed E-state index contributed by atoms with van der Waals surface area (Å²) in [4.78, 5) is 26.6. The zero-order valence-electron chi connectivity index (χ0n) is 13.7. The van der Waals surface area contributed by atoms with E-state index in [0.29, 0.717) is 6.54 Å². The van der Waals surface area contributed by atoms with E-state index in [0.717, 1.165) is 31.4 Å². The van der Waals surface area contributed by atoms with Crippen LogP contribution in [0.3, 0.4) is 0 Å². The number of anilines is 1. The van der Waals surface area contributed by atoms with Gasteiger partial charge in [-0.1, -0.05) is 43.9 Å². The molecule has 1 aromatic carbocycles. The van der Waals surface area contributed by atoms with Gasteiger partial charge < -0.3 is 10.2 Å². The van der Waals surface area contributed by atoms with Gasteiger partial charge >= 0.3 is 0 Å². The van der Waals surface area contributed by atoms with Crippen molar-refractivity contribution in [3.63, 3.8) is 0 Å². The Kier molecular flexibility index (Phi) is 5.31. The van der Waals surface area contributed by atoms with Crippen LogP contribution in [-0.2, 0) is 16.0 Å². The van der Waals surface area contributed by atoms with Crippen molar-refractivity contribution in [2.75, 3.05) is 11.4 Å². The van der Waals surface area contributed by atoms with Crippen LogP contribution >= 0.6 is 0 Å². The largest absolute Gasteiger partial charge is 0.353 e. The van der Waals surface area contributed by atoms with Crippen molar-refractivity contribution >= 4 is 17.5 Å². The lowest BCUT2D eigenvalue weighted by Gasteiger charge is -2.29. The summed E-state index contributed by atoms with van der Waals surface area (Å²) in [7, 11) is 0. The smallest absolute Gasteiger partial charge is 0.236 e. The van der Waals surface area contributed by atoms with E-state index in [4.69, 9.17) is 0 Å². The van der Waals surface area contributed by atoms with Crippen LogP contribution in [-0.4, -0.2) is 24.4 Å². The molecule has 2 aliphatic rings. The Hall–Kier alpha value is -1.84. The first kappa shape index (κ1) is 16.0. The Morgan fingerprint density at radius 2 is 1.78 bits per heavy atom. The Balaban J connectivity index is 1.57. The number of hydrogen-bond donors (Lipinski definition) is 1. The molecular weight excluding hydrogens is 288 g/mol. The van der Waals surface area contributed by atoms with Crippen LogP contribution in [0.2, 0.25) is 0 Å². The van der Waals surface area contributed by atoms with Gasteiger partial charge in [-0.2, -0.15) is 0 Å². The van der Waals surface area contributed by atoms with Crippen molar-refractivity contribution in [2.45, 2.75) is 63.8 Å². The summed E-state index contributed by atoms with van der Waals surface area (Å²) in [6.45, 7) is 0.715. The van der Waals surface area contributed by atoms with E-state index < -0.39 is 0 Å². The van der Waals surface area contributed by atoms with Crippen molar-refractivity contribution in [1.29, 1.82) is 0 Å². The molecule has 0 aromatic heterocycles. The Morgan fingerprint density at radius 1 is 1.04 bits per heavy atom. The lowest BCUT2D eigenvalue weighted by Crippen LogP contribution is -2.41. The number of fused-ring (bicyclic) bond motifs is 1. The summed E-state index contributed by atoms with van der Waals surface area (Å²) in [6, 6.07) is 8.27. The van der Waals surface area contributed by atoms with Gasteiger partial charge in [-0.25, -0.2) is 0 Å². The van der Waals surface area contributed by atoms with E-state index in [1.54, 1.807) is 4.90 Å². The van der Waals surface area contributed by atoms with Gasteiger partial charge in [0.25, 0.3) is 0 Å². The van der Waals surface area contributed by atoms with Crippen LogP contribution in [0.1, 0.15) is 56.9 Å². The summed E-state index contributed by atoms with van der Waals surface area (Å²) in [5.41, 5.74) is 2.18. The second-order valence-electron chi connectivity index (χ2n) is 6.71. The second-order valence-corrected chi connectivity index (χ2v) is 6.71. The highest BCUT2D eigenvalue weighted by molar-refractivity contribution is 6.05. The molecule has 4 nitrogen and oxygen atoms in total. The van der Waals surface area contributed by atoms with E-state index in [9.17, 15) is 9.59 Å². The fourth-order valence-corrected chi connectivity index (χ4v) is 3.73. The molecule has 1 fully saturated rings. The third kappa shape index (κ3) is 4.12. The van der Waals surface area contributed by atoms with E-state index in [1.165, 1.54) is 31.2 Å². The summed E-state index contributed by atoms with van der Waals surface area (Å²) >= 11 is 0. The van der Waals surface area contributed by atoms with E-state index in [-0.39, 0.29) is 24.3 Å². The number of benzene rings is 1. The molecule has 0 atom stereocenters. The van der Waals surface area contributed by atoms with Crippen LogP contribution in [0, 0.1) is 0 Å². The molecule has 3 rings (SSSR count). The van der Waals surface area contributed by atoms with Crippen LogP contribution in [0.25, 0.3) is 0 Å². The fourth-order valence-electron chi connectivity index (χ4n) is 3.73. The highest BCUT2D eigenvalue weighted by Crippen LogP contribution is 2.27. The third-order valence-corrected chi connectivity index (χ3v) is 4.94. The van der Waals surface area contributed by atoms with Crippen molar-refractivity contribution in [2.24, 2.45) is 0 Å². The number of carbonyl (C=O) groups excluding carboxylic acids is 2. The van der Waals surface area contributed by atoms with Gasteiger partial charge in [0.2, 0.25) is 11.8 Å². The van der Waals surface area contributed by atoms with E-state index in [2.05, 4.69) is 11.4 Å². The molecule has 23 heavy (non-hydrogen) atoms. The first-order valence-electron chi connectivity index (χ1n) is 8.91. The molecule has 0 bridgehead atoms. The van der Waals surface area contributed by atoms with E-state index >= 15 is 0 Å². The van der Waals surface area contributed by atoms with Crippen molar-refractivity contribution in [3.8, 4) is 0 Å². The predicted molar refractivity (Wildman–Crippen MR) is 91.4 cm³/mol. The number of para-hydroxylation sites is 1. The first-order valence-corrected chi connectivity index (χ1v) is 8.91. The van der Waals surface area contributed by atoms with Gasteiger partial charge in [0.1, 0.15) is 6.42 Å². The number of nitrogens with one attached hydrogen (secondary N) is 1. The first-order chi connectivity index (χ1) is 11.2. The van der Waals surface area contributed by atoms with Crippen LogP contribution in [0.5, 0.6) is 0 Å². The highest BCUT2D eigenvalue weighted by Gasteiger charge is 2.24. The number of nitrogens with zero attached hydrogens (tertiary/aromatic N) is 1. The summed E-state index contributed by atoms with van der Waals surface area (Å²) in [5, 5.41) is 3.07. The molecular formula is C19H26N2O2. The standard InChI is InChI=1S/C19H26N2O2/c22-18(20-16-10-3-1-2-4-11-16)14-19(23)21-13-7-9-15-8-5-6-12-17(15)21/h5-6,8,12,16H,1-4,7,9-11,13-14H2,(H,20,22). The Bertz CT molecular complexity index is 562. The minimum atomic E-state index is -0.120.